The van der Waals surface area contributed by atoms with Crippen LogP contribution < -0.4 is 15.8 Å². The summed E-state index contributed by atoms with van der Waals surface area (Å²) in [6.45, 7) is 0.583. The van der Waals surface area contributed by atoms with Crippen molar-refractivity contribution >= 4 is 27.8 Å². The Labute approximate surface area is 227 Å². The van der Waals surface area contributed by atoms with Gasteiger partial charge in [0.25, 0.3) is 0 Å². The third-order valence-corrected chi connectivity index (χ3v) is 7.93. The smallest absolute Gasteiger partial charge is 0.337 e. The number of carbonyl (C=O) groups excluding carboxylic acids is 3. The monoisotopic (exact) mass is 549 g/mol. The fourth-order valence-corrected chi connectivity index (χ4v) is 5.62. The summed E-state index contributed by atoms with van der Waals surface area (Å²) in [7, 11) is -2.55. The molecule has 0 aliphatic heterocycles. The van der Waals surface area contributed by atoms with E-state index in [0.29, 0.717) is 36.1 Å². The van der Waals surface area contributed by atoms with Crippen LogP contribution in [0.1, 0.15) is 40.7 Å². The number of methoxy groups -OCH3 is 1. The average Bonchev–Trinajstić information content (AvgIpc) is 3.45. The number of rotatable bonds is 9. The van der Waals surface area contributed by atoms with Crippen LogP contribution in [0.15, 0.2) is 77.7 Å². The summed E-state index contributed by atoms with van der Waals surface area (Å²) in [5, 5.41) is 11.2. The molecule has 3 aromatic carbocycles. The van der Waals surface area contributed by atoms with E-state index in [4.69, 9.17) is 9.88 Å². The Balaban J connectivity index is 1.32. The van der Waals surface area contributed by atoms with Crippen molar-refractivity contribution in [2.45, 2.75) is 37.2 Å². The molecular formula is C29H31N3O6S. The lowest BCUT2D eigenvalue weighted by Crippen LogP contribution is -2.39. The summed E-state index contributed by atoms with van der Waals surface area (Å²) in [5.74, 6) is -1.57. The van der Waals surface area contributed by atoms with Gasteiger partial charge in [-0.25, -0.2) is 18.4 Å². The highest BCUT2D eigenvalue weighted by atomic mass is 32.2. The molecule has 1 aliphatic rings. The summed E-state index contributed by atoms with van der Waals surface area (Å²) in [4.78, 5) is 37.5. The highest BCUT2D eigenvalue weighted by molar-refractivity contribution is 7.89. The van der Waals surface area contributed by atoms with E-state index in [1.165, 1.54) is 13.2 Å². The molecule has 0 saturated heterocycles. The molecule has 0 bridgehead atoms. The van der Waals surface area contributed by atoms with Crippen LogP contribution >= 0.6 is 0 Å². The zero-order chi connectivity index (χ0) is 28.0. The van der Waals surface area contributed by atoms with Crippen LogP contribution in [0.2, 0.25) is 0 Å². The second-order valence-electron chi connectivity index (χ2n) is 9.51. The number of amides is 2. The molecule has 10 heteroatoms. The van der Waals surface area contributed by atoms with Crippen molar-refractivity contribution in [2.24, 2.45) is 17.0 Å². The van der Waals surface area contributed by atoms with Gasteiger partial charge in [-0.3, -0.25) is 9.59 Å². The van der Waals surface area contributed by atoms with Crippen molar-refractivity contribution in [1.29, 1.82) is 0 Å². The molecule has 39 heavy (non-hydrogen) atoms. The number of carbonyl (C=O) groups is 3. The van der Waals surface area contributed by atoms with Crippen molar-refractivity contribution < 1.29 is 27.5 Å². The molecule has 3 aromatic rings. The quantitative estimate of drug-likeness (QED) is 0.350. The minimum Gasteiger partial charge on any atom is -0.465 e. The molecular weight excluding hydrogens is 518 g/mol. The number of primary sulfonamides is 1. The first-order valence-electron chi connectivity index (χ1n) is 12.6. The lowest BCUT2D eigenvalue weighted by Gasteiger charge is -2.19. The molecule has 204 valence electrons. The number of ether oxygens (including phenoxy) is 1. The zero-order valence-electron chi connectivity index (χ0n) is 21.6. The fourth-order valence-electron chi connectivity index (χ4n) is 4.86. The van der Waals surface area contributed by atoms with Crippen LogP contribution in [0.25, 0.3) is 11.1 Å². The van der Waals surface area contributed by atoms with Gasteiger partial charge < -0.3 is 15.4 Å². The summed E-state index contributed by atoms with van der Waals surface area (Å²) >= 11 is 0. The zero-order valence-corrected chi connectivity index (χ0v) is 22.4. The van der Waals surface area contributed by atoms with Crippen LogP contribution in [0.3, 0.4) is 0 Å². The van der Waals surface area contributed by atoms with E-state index >= 15 is 0 Å². The molecule has 4 rings (SSSR count). The normalized spacial score (nSPS) is 16.9. The molecule has 0 aromatic heterocycles. The van der Waals surface area contributed by atoms with Gasteiger partial charge in [-0.1, -0.05) is 61.0 Å². The predicted octanol–water partition coefficient (Wildman–Crippen LogP) is 3.14. The third kappa shape index (κ3) is 6.90. The maximum atomic E-state index is 13.0. The highest BCUT2D eigenvalue weighted by Crippen LogP contribution is 2.32. The van der Waals surface area contributed by atoms with Crippen molar-refractivity contribution in [1.82, 2.24) is 10.6 Å². The fraction of sp³-hybridized carbons (Fsp3) is 0.276. The summed E-state index contributed by atoms with van der Waals surface area (Å²) < 4.78 is 28.5. The van der Waals surface area contributed by atoms with Crippen molar-refractivity contribution in [3.63, 3.8) is 0 Å². The predicted molar refractivity (Wildman–Crippen MR) is 146 cm³/mol. The molecule has 1 fully saturated rings. The maximum absolute atomic E-state index is 13.0. The van der Waals surface area contributed by atoms with Gasteiger partial charge in [0, 0.05) is 30.5 Å². The summed E-state index contributed by atoms with van der Waals surface area (Å²) in [6.07, 6.45) is 2.08. The van der Waals surface area contributed by atoms with Gasteiger partial charge in [-0.15, -0.1) is 0 Å². The Hall–Kier alpha value is -4.02. The molecule has 4 N–H and O–H groups in total. The second-order valence-corrected chi connectivity index (χ2v) is 11.0. The number of nitrogens with two attached hydrogens (primary N) is 1. The lowest BCUT2D eigenvalue weighted by atomic mass is 9.94. The lowest BCUT2D eigenvalue weighted by molar-refractivity contribution is -0.133. The van der Waals surface area contributed by atoms with Crippen molar-refractivity contribution in [3.05, 3.63) is 89.5 Å². The minimum absolute atomic E-state index is 0.0508. The second kappa shape index (κ2) is 12.2. The number of hydrogen-bond acceptors (Lipinski definition) is 6. The Morgan fingerprint density at radius 1 is 0.821 bits per heavy atom. The van der Waals surface area contributed by atoms with Gasteiger partial charge in [0.05, 0.1) is 17.6 Å². The minimum atomic E-state index is -3.87. The molecule has 9 nitrogen and oxygen atoms in total. The standard InChI is InChI=1S/C29H31N3O6S/c1-38-29(35)22-15-11-20(12-16-22)18-32-28(34)25-7-4-6-24(25)27(33)31-17-19-9-13-21(14-10-19)23-5-2-3-8-26(23)39(30,36)37/h2-3,5,8-16,24-25H,4,6-7,17-18H2,1H3,(H,31,33)(H,32,34)(H2,30,36,37)/t24-,25-/m1/s1. The van der Waals surface area contributed by atoms with E-state index in [1.807, 2.05) is 12.1 Å². The number of esters is 1. The van der Waals surface area contributed by atoms with Gasteiger partial charge in [0.1, 0.15) is 0 Å². The molecule has 1 aliphatic carbocycles. The van der Waals surface area contributed by atoms with Crippen molar-refractivity contribution in [3.8, 4) is 11.1 Å². The van der Waals surface area contributed by atoms with Crippen LogP contribution in [0.5, 0.6) is 0 Å². The number of hydrogen-bond donors (Lipinski definition) is 3. The maximum Gasteiger partial charge on any atom is 0.337 e. The number of benzene rings is 3. The topological polar surface area (TPSA) is 145 Å². The Morgan fingerprint density at radius 3 is 1.85 bits per heavy atom. The SMILES string of the molecule is COC(=O)c1ccc(CNC(=O)[C@@H]2CCC[C@H]2C(=O)NCc2ccc(-c3ccccc3S(N)(=O)=O)cc2)cc1. The van der Waals surface area contributed by atoms with E-state index in [2.05, 4.69) is 10.6 Å². The van der Waals surface area contributed by atoms with Crippen molar-refractivity contribution in [2.75, 3.05) is 7.11 Å². The highest BCUT2D eigenvalue weighted by Gasteiger charge is 2.37. The molecule has 0 radical (unpaired) electrons. The van der Waals surface area contributed by atoms with E-state index < -0.39 is 27.8 Å². The van der Waals surface area contributed by atoms with E-state index in [-0.39, 0.29) is 23.3 Å². The van der Waals surface area contributed by atoms with Crippen LogP contribution in [-0.2, 0) is 37.4 Å². The summed E-state index contributed by atoms with van der Waals surface area (Å²) in [5.41, 5.74) is 3.32. The summed E-state index contributed by atoms with van der Waals surface area (Å²) in [6, 6.07) is 20.5. The first-order valence-corrected chi connectivity index (χ1v) is 14.2. The number of nitrogens with one attached hydrogen (secondary N) is 2. The van der Waals surface area contributed by atoms with E-state index in [1.54, 1.807) is 54.6 Å². The largest absolute Gasteiger partial charge is 0.465 e. The Kier molecular flexibility index (Phi) is 8.78. The molecule has 1 saturated carbocycles. The van der Waals surface area contributed by atoms with Gasteiger partial charge in [-0.2, -0.15) is 0 Å². The van der Waals surface area contributed by atoms with E-state index in [9.17, 15) is 22.8 Å². The van der Waals surface area contributed by atoms with E-state index in [0.717, 1.165) is 17.5 Å². The van der Waals surface area contributed by atoms with Gasteiger partial charge in [-0.05, 0) is 47.7 Å². The molecule has 0 heterocycles. The first kappa shape index (κ1) is 28.0. The van der Waals surface area contributed by atoms with Crippen LogP contribution in [-0.4, -0.2) is 33.3 Å². The van der Waals surface area contributed by atoms with Crippen LogP contribution in [0.4, 0.5) is 0 Å². The van der Waals surface area contributed by atoms with Gasteiger partial charge in [0.2, 0.25) is 21.8 Å². The Morgan fingerprint density at radius 2 is 1.33 bits per heavy atom. The Bertz CT molecular complexity index is 1450. The van der Waals surface area contributed by atoms with Gasteiger partial charge in [0.15, 0.2) is 0 Å². The first-order chi connectivity index (χ1) is 18.7. The molecule has 2 atom stereocenters. The molecule has 2 amide bonds. The number of sulfonamides is 1. The molecule has 0 unspecified atom stereocenters. The van der Waals surface area contributed by atoms with Gasteiger partial charge >= 0.3 is 5.97 Å². The average molecular weight is 550 g/mol. The molecule has 0 spiro atoms. The third-order valence-electron chi connectivity index (χ3n) is 6.96. The van der Waals surface area contributed by atoms with Crippen LogP contribution in [0, 0.1) is 11.8 Å².